The molecule has 0 atom stereocenters. The second-order valence-corrected chi connectivity index (χ2v) is 6.84. The molecule has 6 heteroatoms. The van der Waals surface area contributed by atoms with Crippen LogP contribution in [0.2, 0.25) is 0 Å². The zero-order chi connectivity index (χ0) is 20.3. The van der Waals surface area contributed by atoms with Gasteiger partial charge < -0.3 is 9.47 Å². The van der Waals surface area contributed by atoms with E-state index in [0.29, 0.717) is 12.8 Å². The van der Waals surface area contributed by atoms with Gasteiger partial charge in [-0.15, -0.1) is 13.0 Å². The molecule has 27 heavy (non-hydrogen) atoms. The normalized spacial score (nSPS) is 10.4. The van der Waals surface area contributed by atoms with E-state index in [1.807, 2.05) is 30.3 Å². The van der Waals surface area contributed by atoms with E-state index < -0.39 is 17.8 Å². The summed E-state index contributed by atoms with van der Waals surface area (Å²) in [5, 5.41) is 2.29. The lowest BCUT2D eigenvalue weighted by atomic mass is 10.2. The number of carbonyl (C=O) groups excluding carboxylic acids is 2. The monoisotopic (exact) mass is 372 g/mol. The largest absolute Gasteiger partial charge is 0.443 e. The minimum absolute atomic E-state index is 0.0931. The number of terminal acetylenes is 1. The molecule has 0 aliphatic carbocycles. The number of amides is 2. The molecule has 0 saturated heterocycles. The maximum atomic E-state index is 12.7. The highest BCUT2D eigenvalue weighted by Crippen LogP contribution is 2.14. The predicted molar refractivity (Wildman–Crippen MR) is 105 cm³/mol. The van der Waals surface area contributed by atoms with Gasteiger partial charge in [0.2, 0.25) is 0 Å². The van der Waals surface area contributed by atoms with Crippen LogP contribution >= 0.6 is 0 Å². The molecule has 0 fully saturated rings. The molecule has 0 aliphatic heterocycles. The Balaban J connectivity index is 2.92. The Hall–Kier alpha value is -2.94. The number of hydrogen-bond donors (Lipinski definition) is 0. The van der Waals surface area contributed by atoms with E-state index in [1.165, 1.54) is 5.01 Å². The Morgan fingerprint density at radius 2 is 1.85 bits per heavy atom. The van der Waals surface area contributed by atoms with Crippen molar-refractivity contribution in [1.29, 1.82) is 0 Å². The third-order valence-corrected chi connectivity index (χ3v) is 3.33. The lowest BCUT2D eigenvalue weighted by Crippen LogP contribution is -2.52. The number of unbranched alkanes of at least 4 members (excludes halogenated alkanes) is 1. The summed E-state index contributed by atoms with van der Waals surface area (Å²) >= 11 is 0. The summed E-state index contributed by atoms with van der Waals surface area (Å²) < 4.78 is 10.7. The third kappa shape index (κ3) is 8.32. The van der Waals surface area contributed by atoms with Crippen LogP contribution in [0.25, 0.3) is 0 Å². The number of carbonyl (C=O) groups is 2. The van der Waals surface area contributed by atoms with Crippen molar-refractivity contribution >= 4 is 12.2 Å². The molecule has 0 bridgehead atoms. The van der Waals surface area contributed by atoms with Crippen molar-refractivity contribution in [2.75, 3.05) is 13.1 Å². The first-order chi connectivity index (χ1) is 12.8. The van der Waals surface area contributed by atoms with Gasteiger partial charge in [-0.2, -0.15) is 0 Å². The standard InChI is InChI=1S/C21H28N2O4/c1-6-8-12-16-23(19(24)26-17-18-13-10-9-11-14-18)22(15-7-2)20(25)27-21(3,4)5/h2,6,9-11,13-14H,1,8,12,15-17H2,3-5H3. The summed E-state index contributed by atoms with van der Waals surface area (Å²) in [5.74, 6) is 2.39. The number of benzene rings is 1. The van der Waals surface area contributed by atoms with Gasteiger partial charge in [-0.05, 0) is 39.2 Å². The van der Waals surface area contributed by atoms with Crippen LogP contribution in [0.15, 0.2) is 43.0 Å². The Morgan fingerprint density at radius 3 is 2.41 bits per heavy atom. The first kappa shape index (κ1) is 22.1. The highest BCUT2D eigenvalue weighted by Gasteiger charge is 2.30. The second-order valence-electron chi connectivity index (χ2n) is 6.84. The number of hydrazine groups is 1. The van der Waals surface area contributed by atoms with E-state index >= 15 is 0 Å². The van der Waals surface area contributed by atoms with E-state index in [-0.39, 0.29) is 19.7 Å². The molecule has 6 nitrogen and oxygen atoms in total. The topological polar surface area (TPSA) is 59.1 Å². The lowest BCUT2D eigenvalue weighted by molar-refractivity contribution is -0.0426. The van der Waals surface area contributed by atoms with Gasteiger partial charge in [-0.25, -0.2) is 19.6 Å². The number of nitrogens with zero attached hydrogens (tertiary/aromatic N) is 2. The van der Waals surface area contributed by atoms with Crippen molar-refractivity contribution in [3.05, 3.63) is 48.6 Å². The van der Waals surface area contributed by atoms with E-state index in [2.05, 4.69) is 12.5 Å². The maximum Gasteiger partial charge on any atom is 0.430 e. The van der Waals surface area contributed by atoms with Crippen LogP contribution in [0.5, 0.6) is 0 Å². The molecular weight excluding hydrogens is 344 g/mol. The summed E-state index contributed by atoms with van der Waals surface area (Å²) in [7, 11) is 0. The smallest absolute Gasteiger partial charge is 0.430 e. The minimum Gasteiger partial charge on any atom is -0.443 e. The first-order valence-electron chi connectivity index (χ1n) is 8.81. The summed E-state index contributed by atoms with van der Waals surface area (Å²) in [4.78, 5) is 25.2. The second kappa shape index (κ2) is 10.9. The maximum absolute atomic E-state index is 12.7. The lowest BCUT2D eigenvalue weighted by Gasteiger charge is -2.34. The van der Waals surface area contributed by atoms with Gasteiger partial charge in [-0.3, -0.25) is 0 Å². The molecule has 0 spiro atoms. The van der Waals surface area contributed by atoms with Crippen molar-refractivity contribution in [1.82, 2.24) is 10.0 Å². The van der Waals surface area contributed by atoms with Crippen LogP contribution < -0.4 is 0 Å². The van der Waals surface area contributed by atoms with Gasteiger partial charge in [0.25, 0.3) is 0 Å². The third-order valence-electron chi connectivity index (χ3n) is 3.33. The highest BCUT2D eigenvalue weighted by atomic mass is 16.6. The van der Waals surface area contributed by atoms with Gasteiger partial charge in [0, 0.05) is 6.54 Å². The molecule has 1 aromatic carbocycles. The molecule has 0 heterocycles. The summed E-state index contributed by atoms with van der Waals surface area (Å²) in [6.45, 7) is 9.14. The SMILES string of the molecule is C#CCN(C(=O)OC(C)(C)C)N(CCCC=C)C(=O)OCc1ccccc1. The number of rotatable bonds is 7. The Bertz CT molecular complexity index is 659. The molecule has 146 valence electrons. The zero-order valence-corrected chi connectivity index (χ0v) is 16.3. The fourth-order valence-electron chi connectivity index (χ4n) is 2.14. The average molecular weight is 372 g/mol. The summed E-state index contributed by atoms with van der Waals surface area (Å²) in [5.41, 5.74) is 0.127. The van der Waals surface area contributed by atoms with Crippen LogP contribution in [0.4, 0.5) is 9.59 Å². The molecular formula is C21H28N2O4. The van der Waals surface area contributed by atoms with E-state index in [4.69, 9.17) is 15.9 Å². The van der Waals surface area contributed by atoms with E-state index in [1.54, 1.807) is 26.8 Å². The molecule has 0 N–H and O–H groups in total. The van der Waals surface area contributed by atoms with Gasteiger partial charge >= 0.3 is 12.2 Å². The van der Waals surface area contributed by atoms with Crippen molar-refractivity contribution in [3.8, 4) is 12.3 Å². The first-order valence-corrected chi connectivity index (χ1v) is 8.81. The van der Waals surface area contributed by atoms with E-state index in [9.17, 15) is 9.59 Å². The summed E-state index contributed by atoms with van der Waals surface area (Å²) in [6.07, 6.45) is 7.06. The summed E-state index contributed by atoms with van der Waals surface area (Å²) in [6, 6.07) is 9.29. The Kier molecular flexibility index (Phi) is 8.94. The van der Waals surface area contributed by atoms with Gasteiger partial charge in [0.05, 0.1) is 0 Å². The highest BCUT2D eigenvalue weighted by molar-refractivity contribution is 5.74. The number of ether oxygens (including phenoxy) is 2. The molecule has 1 aromatic rings. The fourth-order valence-corrected chi connectivity index (χ4v) is 2.14. The van der Waals surface area contributed by atoms with Crippen LogP contribution in [0, 0.1) is 12.3 Å². The van der Waals surface area contributed by atoms with Crippen LogP contribution in [-0.4, -0.2) is 40.9 Å². The molecule has 0 saturated carbocycles. The van der Waals surface area contributed by atoms with Gasteiger partial charge in [0.15, 0.2) is 0 Å². The minimum atomic E-state index is -0.718. The van der Waals surface area contributed by atoms with Crippen molar-refractivity contribution in [3.63, 3.8) is 0 Å². The number of hydrogen-bond acceptors (Lipinski definition) is 4. The molecule has 0 unspecified atom stereocenters. The molecule has 0 radical (unpaired) electrons. The molecule has 0 aromatic heterocycles. The molecule has 1 rings (SSSR count). The molecule has 0 aliphatic rings. The Morgan fingerprint density at radius 1 is 1.19 bits per heavy atom. The van der Waals surface area contributed by atoms with Crippen molar-refractivity contribution in [2.24, 2.45) is 0 Å². The number of allylic oxidation sites excluding steroid dienone is 1. The zero-order valence-electron chi connectivity index (χ0n) is 16.3. The van der Waals surface area contributed by atoms with Crippen molar-refractivity contribution < 1.29 is 19.1 Å². The van der Waals surface area contributed by atoms with Crippen LogP contribution in [0.1, 0.15) is 39.2 Å². The predicted octanol–water partition coefficient (Wildman–Crippen LogP) is 4.38. The van der Waals surface area contributed by atoms with Gasteiger partial charge in [-0.1, -0.05) is 42.3 Å². The quantitative estimate of drug-likeness (QED) is 0.308. The van der Waals surface area contributed by atoms with Gasteiger partial charge in [0.1, 0.15) is 18.8 Å². The fraction of sp³-hybridized carbons (Fsp3) is 0.429. The molecule has 2 amide bonds. The van der Waals surface area contributed by atoms with Crippen molar-refractivity contribution in [2.45, 2.75) is 45.8 Å². The Labute approximate surface area is 161 Å². The van der Waals surface area contributed by atoms with Crippen LogP contribution in [0.3, 0.4) is 0 Å². The van der Waals surface area contributed by atoms with Crippen LogP contribution in [-0.2, 0) is 16.1 Å². The van der Waals surface area contributed by atoms with E-state index in [0.717, 1.165) is 10.6 Å². The average Bonchev–Trinajstić information content (AvgIpc) is 2.61.